The number of carboxylic acid groups (broad SMARTS) is 1. The van der Waals surface area contributed by atoms with Crippen LogP contribution in [0.4, 0.5) is 0 Å². The largest absolute Gasteiger partial charge is 0.494 e. The first-order chi connectivity index (χ1) is 9.72. The Morgan fingerprint density at radius 2 is 2.15 bits per heavy atom. The van der Waals surface area contributed by atoms with E-state index in [2.05, 4.69) is 4.90 Å². The van der Waals surface area contributed by atoms with Crippen LogP contribution in [0.2, 0.25) is 0 Å². The minimum absolute atomic E-state index is 0.368. The molecule has 1 aromatic rings. The lowest BCUT2D eigenvalue weighted by molar-refractivity contribution is -0.143. The lowest BCUT2D eigenvalue weighted by Crippen LogP contribution is -2.40. The number of carbonyl (C=O) groups is 1. The summed E-state index contributed by atoms with van der Waals surface area (Å²) in [5.41, 5.74) is 1.07. The summed E-state index contributed by atoms with van der Waals surface area (Å²) in [4.78, 5) is 13.5. The second kappa shape index (κ2) is 7.29. The molecular weight excluding hydrogens is 254 g/mol. The number of likely N-dealkylation sites (tertiary alicyclic amines) is 1. The molecule has 0 radical (unpaired) electrons. The second-order valence-electron chi connectivity index (χ2n) is 5.21. The van der Waals surface area contributed by atoms with Gasteiger partial charge in [0.05, 0.1) is 6.61 Å². The Labute approximate surface area is 120 Å². The van der Waals surface area contributed by atoms with Crippen LogP contribution < -0.4 is 4.74 Å². The maximum Gasteiger partial charge on any atom is 0.320 e. The smallest absolute Gasteiger partial charge is 0.320 e. The molecule has 1 saturated heterocycles. The van der Waals surface area contributed by atoms with Gasteiger partial charge in [-0.25, -0.2) is 0 Å². The third-order valence-electron chi connectivity index (χ3n) is 3.79. The molecule has 0 saturated carbocycles. The van der Waals surface area contributed by atoms with Gasteiger partial charge >= 0.3 is 5.97 Å². The number of benzene rings is 1. The molecule has 0 bridgehead atoms. The van der Waals surface area contributed by atoms with Crippen molar-refractivity contribution in [1.82, 2.24) is 4.90 Å². The third-order valence-corrected chi connectivity index (χ3v) is 3.79. The molecule has 1 fully saturated rings. The van der Waals surface area contributed by atoms with Crippen LogP contribution >= 0.6 is 0 Å². The van der Waals surface area contributed by atoms with Crippen molar-refractivity contribution >= 4 is 5.97 Å². The van der Waals surface area contributed by atoms with E-state index in [1.165, 1.54) is 0 Å². The second-order valence-corrected chi connectivity index (χ2v) is 5.21. The number of ether oxygens (including phenoxy) is 1. The maximum atomic E-state index is 11.4. The summed E-state index contributed by atoms with van der Waals surface area (Å²) < 4.78 is 5.63. The van der Waals surface area contributed by atoms with E-state index in [4.69, 9.17) is 4.74 Å². The fraction of sp³-hybridized carbons (Fsp3) is 0.562. The minimum atomic E-state index is -0.708. The van der Waals surface area contributed by atoms with Gasteiger partial charge in [0, 0.05) is 12.1 Å². The van der Waals surface area contributed by atoms with Crippen molar-refractivity contribution in [2.24, 2.45) is 0 Å². The summed E-state index contributed by atoms with van der Waals surface area (Å²) in [6, 6.07) is 7.53. The predicted octanol–water partition coefficient (Wildman–Crippen LogP) is 2.91. The standard InChI is InChI=1S/C16H23NO3/c1-2-20-15-10-6-5-8-13(15)12-17-11-7-3-4-9-14(17)16(18)19/h5-6,8,10,14H,2-4,7,9,11-12H2,1H3,(H,18,19). The summed E-state index contributed by atoms with van der Waals surface area (Å²) in [5.74, 6) is 0.157. The number of rotatable bonds is 5. The van der Waals surface area contributed by atoms with Crippen molar-refractivity contribution in [3.05, 3.63) is 29.8 Å². The normalized spacial score (nSPS) is 20.4. The van der Waals surface area contributed by atoms with Crippen molar-refractivity contribution in [3.8, 4) is 5.75 Å². The number of aliphatic carboxylic acids is 1. The van der Waals surface area contributed by atoms with Gasteiger partial charge in [0.1, 0.15) is 11.8 Å². The summed E-state index contributed by atoms with van der Waals surface area (Å²) in [6.07, 6.45) is 3.93. The van der Waals surface area contributed by atoms with Crippen molar-refractivity contribution in [2.45, 2.75) is 45.2 Å². The van der Waals surface area contributed by atoms with E-state index in [1.54, 1.807) is 0 Å². The molecule has 1 atom stereocenters. The molecule has 0 aliphatic carbocycles. The minimum Gasteiger partial charge on any atom is -0.494 e. The molecule has 1 aromatic carbocycles. The zero-order valence-corrected chi connectivity index (χ0v) is 12.0. The summed E-state index contributed by atoms with van der Waals surface area (Å²) in [7, 11) is 0. The van der Waals surface area contributed by atoms with Crippen molar-refractivity contribution in [1.29, 1.82) is 0 Å². The van der Waals surface area contributed by atoms with E-state index < -0.39 is 5.97 Å². The van der Waals surface area contributed by atoms with Gasteiger partial charge < -0.3 is 9.84 Å². The van der Waals surface area contributed by atoms with Crippen LogP contribution in [0.3, 0.4) is 0 Å². The highest BCUT2D eigenvalue weighted by Crippen LogP contribution is 2.24. The van der Waals surface area contributed by atoms with Gasteiger partial charge in [-0.2, -0.15) is 0 Å². The van der Waals surface area contributed by atoms with E-state index >= 15 is 0 Å². The summed E-state index contributed by atoms with van der Waals surface area (Å²) >= 11 is 0. The van der Waals surface area contributed by atoms with E-state index in [0.29, 0.717) is 13.2 Å². The lowest BCUT2D eigenvalue weighted by Gasteiger charge is -2.27. The lowest BCUT2D eigenvalue weighted by atomic mass is 10.1. The van der Waals surface area contributed by atoms with Crippen LogP contribution in [0.1, 0.15) is 38.2 Å². The van der Waals surface area contributed by atoms with Crippen LogP contribution in [-0.2, 0) is 11.3 Å². The van der Waals surface area contributed by atoms with Gasteiger partial charge in [0.15, 0.2) is 0 Å². The molecule has 110 valence electrons. The number of hydrogen-bond acceptors (Lipinski definition) is 3. The van der Waals surface area contributed by atoms with Gasteiger partial charge in [-0.05, 0) is 32.4 Å². The van der Waals surface area contributed by atoms with E-state index in [1.807, 2.05) is 31.2 Å². The highest BCUT2D eigenvalue weighted by molar-refractivity contribution is 5.73. The van der Waals surface area contributed by atoms with Crippen LogP contribution in [0, 0.1) is 0 Å². The first-order valence-electron chi connectivity index (χ1n) is 7.40. The van der Waals surface area contributed by atoms with Gasteiger partial charge in [-0.1, -0.05) is 31.0 Å². The van der Waals surface area contributed by atoms with Crippen LogP contribution in [0.25, 0.3) is 0 Å². The molecule has 4 nitrogen and oxygen atoms in total. The number of para-hydroxylation sites is 1. The highest BCUT2D eigenvalue weighted by atomic mass is 16.5. The van der Waals surface area contributed by atoms with Crippen LogP contribution in [0.15, 0.2) is 24.3 Å². The Kier molecular flexibility index (Phi) is 5.41. The van der Waals surface area contributed by atoms with Crippen molar-refractivity contribution < 1.29 is 14.6 Å². The molecule has 0 spiro atoms. The molecule has 20 heavy (non-hydrogen) atoms. The number of hydrogen-bond donors (Lipinski definition) is 1. The first kappa shape index (κ1) is 14.9. The SMILES string of the molecule is CCOc1ccccc1CN1CCCCCC1C(=O)O. The van der Waals surface area contributed by atoms with Crippen molar-refractivity contribution in [2.75, 3.05) is 13.2 Å². The molecule has 0 amide bonds. The summed E-state index contributed by atoms with van der Waals surface area (Å²) in [5, 5.41) is 9.41. The van der Waals surface area contributed by atoms with E-state index in [0.717, 1.165) is 43.5 Å². The Balaban J connectivity index is 2.15. The zero-order valence-electron chi connectivity index (χ0n) is 12.0. The zero-order chi connectivity index (χ0) is 14.4. The molecular formula is C16H23NO3. The maximum absolute atomic E-state index is 11.4. The van der Waals surface area contributed by atoms with Gasteiger partial charge in [-0.3, -0.25) is 9.69 Å². The van der Waals surface area contributed by atoms with E-state index in [9.17, 15) is 9.90 Å². The molecule has 1 aliphatic heterocycles. The van der Waals surface area contributed by atoms with Gasteiger partial charge in [0.2, 0.25) is 0 Å². The highest BCUT2D eigenvalue weighted by Gasteiger charge is 2.27. The topological polar surface area (TPSA) is 49.8 Å². The third kappa shape index (κ3) is 3.73. The van der Waals surface area contributed by atoms with Gasteiger partial charge in [-0.15, -0.1) is 0 Å². The number of carboxylic acids is 1. The first-order valence-corrected chi connectivity index (χ1v) is 7.40. The molecule has 1 aliphatic rings. The molecule has 0 aromatic heterocycles. The van der Waals surface area contributed by atoms with Crippen molar-refractivity contribution in [3.63, 3.8) is 0 Å². The molecule has 2 rings (SSSR count). The molecule has 1 unspecified atom stereocenters. The molecule has 1 N–H and O–H groups in total. The Morgan fingerprint density at radius 1 is 1.35 bits per heavy atom. The molecule has 4 heteroatoms. The Hall–Kier alpha value is -1.55. The van der Waals surface area contributed by atoms with Crippen LogP contribution in [-0.4, -0.2) is 35.2 Å². The monoisotopic (exact) mass is 277 g/mol. The molecule has 1 heterocycles. The summed E-state index contributed by atoms with van der Waals surface area (Å²) in [6.45, 7) is 4.08. The quantitative estimate of drug-likeness (QED) is 0.899. The predicted molar refractivity (Wildman–Crippen MR) is 77.9 cm³/mol. The average molecular weight is 277 g/mol. The average Bonchev–Trinajstić information content (AvgIpc) is 2.67. The van der Waals surface area contributed by atoms with Gasteiger partial charge in [0.25, 0.3) is 0 Å². The fourth-order valence-electron chi connectivity index (χ4n) is 2.79. The Morgan fingerprint density at radius 3 is 2.90 bits per heavy atom. The van der Waals surface area contributed by atoms with Crippen LogP contribution in [0.5, 0.6) is 5.75 Å². The number of nitrogens with zero attached hydrogens (tertiary/aromatic N) is 1. The Bertz CT molecular complexity index is 447. The fourth-order valence-corrected chi connectivity index (χ4v) is 2.79. The van der Waals surface area contributed by atoms with E-state index in [-0.39, 0.29) is 6.04 Å².